The smallest absolute Gasteiger partial charge is 0.120 e. The Morgan fingerprint density at radius 3 is 2.60 bits per heavy atom. The van der Waals surface area contributed by atoms with E-state index in [9.17, 15) is 4.39 Å². The molecule has 1 aromatic carbocycles. The molecule has 0 atom stereocenters. The van der Waals surface area contributed by atoms with Crippen LogP contribution < -0.4 is 10.5 Å². The van der Waals surface area contributed by atoms with Gasteiger partial charge in [0.05, 0.1) is 6.10 Å². The first-order valence-corrected chi connectivity index (χ1v) is 5.10. The third-order valence-corrected chi connectivity index (χ3v) is 2.01. The molecule has 82 valence electrons. The third kappa shape index (κ3) is 3.47. The van der Waals surface area contributed by atoms with Crippen molar-refractivity contribution >= 4 is 17.2 Å². The second-order valence-corrected chi connectivity index (χ2v) is 3.97. The summed E-state index contributed by atoms with van der Waals surface area (Å²) in [6, 6.07) is 5.01. The van der Waals surface area contributed by atoms with E-state index in [2.05, 4.69) is 0 Å². The van der Waals surface area contributed by atoms with Crippen LogP contribution in [0, 0.1) is 0 Å². The van der Waals surface area contributed by atoms with Crippen LogP contribution in [0.3, 0.4) is 0 Å². The van der Waals surface area contributed by atoms with Crippen LogP contribution in [0.4, 0.5) is 4.39 Å². The van der Waals surface area contributed by atoms with Crippen molar-refractivity contribution in [2.75, 3.05) is 0 Å². The fraction of sp³-hybridized carbons (Fsp3) is 0.364. The first-order valence-electron chi connectivity index (χ1n) is 4.69. The number of halogens is 1. The SMILES string of the molecule is CC(C)Oc1cc(CF)cc(C(N)=S)c1. The topological polar surface area (TPSA) is 35.2 Å². The number of thiocarbonyl (C=S) groups is 1. The number of nitrogens with two attached hydrogens (primary N) is 1. The number of rotatable bonds is 4. The average Bonchev–Trinajstić information content (AvgIpc) is 2.16. The Morgan fingerprint density at radius 1 is 1.47 bits per heavy atom. The molecule has 15 heavy (non-hydrogen) atoms. The van der Waals surface area contributed by atoms with Crippen LogP contribution in [-0.4, -0.2) is 11.1 Å². The minimum Gasteiger partial charge on any atom is -0.491 e. The van der Waals surface area contributed by atoms with Crippen LogP contribution in [0.5, 0.6) is 5.75 Å². The van der Waals surface area contributed by atoms with Gasteiger partial charge in [0.1, 0.15) is 17.4 Å². The van der Waals surface area contributed by atoms with Crippen molar-refractivity contribution in [3.8, 4) is 5.75 Å². The fourth-order valence-electron chi connectivity index (χ4n) is 1.22. The third-order valence-electron chi connectivity index (χ3n) is 1.78. The minimum absolute atomic E-state index is 0.0408. The first-order chi connectivity index (χ1) is 7.02. The Hall–Kier alpha value is -1.16. The van der Waals surface area contributed by atoms with Gasteiger partial charge in [0, 0.05) is 5.56 Å². The number of benzene rings is 1. The largest absolute Gasteiger partial charge is 0.491 e. The molecular weight excluding hydrogens is 213 g/mol. The quantitative estimate of drug-likeness (QED) is 0.803. The van der Waals surface area contributed by atoms with Gasteiger partial charge in [-0.1, -0.05) is 12.2 Å². The first kappa shape index (κ1) is 11.9. The zero-order valence-corrected chi connectivity index (χ0v) is 9.60. The van der Waals surface area contributed by atoms with Gasteiger partial charge in [0.15, 0.2) is 0 Å². The molecule has 0 saturated heterocycles. The standard InChI is InChI=1S/C11H14FNOS/c1-7(2)14-10-4-8(6-12)3-9(5-10)11(13)15/h3-5,7H,6H2,1-2H3,(H2,13,15). The molecule has 0 fully saturated rings. The van der Waals surface area contributed by atoms with Gasteiger partial charge in [0.2, 0.25) is 0 Å². The van der Waals surface area contributed by atoms with Crippen molar-refractivity contribution in [1.82, 2.24) is 0 Å². The Balaban J connectivity index is 3.05. The number of alkyl halides is 1. The van der Waals surface area contributed by atoms with E-state index in [1.165, 1.54) is 0 Å². The minimum atomic E-state index is -0.551. The van der Waals surface area contributed by atoms with Crippen molar-refractivity contribution in [1.29, 1.82) is 0 Å². The van der Waals surface area contributed by atoms with E-state index in [1.807, 2.05) is 13.8 Å². The summed E-state index contributed by atoms with van der Waals surface area (Å²) in [5.41, 5.74) is 6.65. The summed E-state index contributed by atoms with van der Waals surface area (Å²) in [7, 11) is 0. The monoisotopic (exact) mass is 227 g/mol. The molecule has 0 heterocycles. The summed E-state index contributed by atoms with van der Waals surface area (Å²) >= 11 is 4.84. The highest BCUT2D eigenvalue weighted by Crippen LogP contribution is 2.19. The van der Waals surface area contributed by atoms with Gasteiger partial charge in [0.25, 0.3) is 0 Å². The highest BCUT2D eigenvalue weighted by Gasteiger charge is 2.05. The lowest BCUT2D eigenvalue weighted by Gasteiger charge is -2.12. The van der Waals surface area contributed by atoms with Crippen LogP contribution in [-0.2, 0) is 6.67 Å². The zero-order chi connectivity index (χ0) is 11.4. The lowest BCUT2D eigenvalue weighted by molar-refractivity contribution is 0.242. The van der Waals surface area contributed by atoms with E-state index in [0.29, 0.717) is 16.9 Å². The molecule has 1 aromatic rings. The van der Waals surface area contributed by atoms with E-state index in [0.717, 1.165) is 0 Å². The van der Waals surface area contributed by atoms with E-state index in [1.54, 1.807) is 18.2 Å². The molecule has 0 unspecified atom stereocenters. The summed E-state index contributed by atoms with van der Waals surface area (Å²) in [5, 5.41) is 0. The maximum Gasteiger partial charge on any atom is 0.120 e. The Labute approximate surface area is 94.2 Å². The molecule has 2 N–H and O–H groups in total. The van der Waals surface area contributed by atoms with Gasteiger partial charge < -0.3 is 10.5 Å². The van der Waals surface area contributed by atoms with Gasteiger partial charge >= 0.3 is 0 Å². The molecule has 0 amide bonds. The molecule has 4 heteroatoms. The van der Waals surface area contributed by atoms with Crippen molar-refractivity contribution < 1.29 is 9.13 Å². The molecule has 0 aliphatic heterocycles. The molecular formula is C11H14FNOS. The summed E-state index contributed by atoms with van der Waals surface area (Å²) < 4.78 is 18.0. The van der Waals surface area contributed by atoms with E-state index in [-0.39, 0.29) is 11.1 Å². The van der Waals surface area contributed by atoms with Crippen molar-refractivity contribution in [3.63, 3.8) is 0 Å². The summed E-state index contributed by atoms with van der Waals surface area (Å²) in [6.45, 7) is 3.26. The molecule has 0 aromatic heterocycles. The maximum absolute atomic E-state index is 12.5. The predicted molar refractivity (Wildman–Crippen MR) is 62.9 cm³/mol. The Bertz CT molecular complexity index is 366. The van der Waals surface area contributed by atoms with Gasteiger partial charge in [-0.05, 0) is 37.6 Å². The normalized spacial score (nSPS) is 10.4. The van der Waals surface area contributed by atoms with Gasteiger partial charge in [-0.15, -0.1) is 0 Å². The molecule has 0 saturated carbocycles. The molecule has 0 bridgehead atoms. The number of ether oxygens (including phenoxy) is 1. The molecule has 2 nitrogen and oxygen atoms in total. The van der Waals surface area contributed by atoms with Gasteiger partial charge in [-0.3, -0.25) is 0 Å². The number of hydrogen-bond acceptors (Lipinski definition) is 2. The highest BCUT2D eigenvalue weighted by atomic mass is 32.1. The van der Waals surface area contributed by atoms with Crippen LogP contribution in [0.2, 0.25) is 0 Å². The number of hydrogen-bond donors (Lipinski definition) is 1. The Kier molecular flexibility index (Phi) is 4.03. The van der Waals surface area contributed by atoms with Crippen molar-refractivity contribution in [2.45, 2.75) is 26.6 Å². The lowest BCUT2D eigenvalue weighted by Crippen LogP contribution is -2.11. The van der Waals surface area contributed by atoms with Crippen LogP contribution >= 0.6 is 12.2 Å². The Morgan fingerprint density at radius 2 is 2.13 bits per heavy atom. The summed E-state index contributed by atoms with van der Waals surface area (Å²) in [6.07, 6.45) is 0.0408. The van der Waals surface area contributed by atoms with Gasteiger partial charge in [-0.25, -0.2) is 4.39 Å². The maximum atomic E-state index is 12.5. The molecule has 0 aliphatic rings. The second kappa shape index (κ2) is 5.07. The highest BCUT2D eigenvalue weighted by molar-refractivity contribution is 7.80. The van der Waals surface area contributed by atoms with E-state index >= 15 is 0 Å². The summed E-state index contributed by atoms with van der Waals surface area (Å²) in [4.78, 5) is 0.249. The van der Waals surface area contributed by atoms with E-state index < -0.39 is 6.67 Å². The van der Waals surface area contributed by atoms with Crippen molar-refractivity contribution in [3.05, 3.63) is 29.3 Å². The molecule has 1 rings (SSSR count). The van der Waals surface area contributed by atoms with Crippen LogP contribution in [0.25, 0.3) is 0 Å². The second-order valence-electron chi connectivity index (χ2n) is 3.53. The summed E-state index contributed by atoms with van der Waals surface area (Å²) in [5.74, 6) is 0.600. The van der Waals surface area contributed by atoms with Crippen LogP contribution in [0.15, 0.2) is 18.2 Å². The lowest BCUT2D eigenvalue weighted by atomic mass is 10.1. The molecule has 0 radical (unpaired) electrons. The zero-order valence-electron chi connectivity index (χ0n) is 8.79. The molecule has 0 spiro atoms. The molecule has 0 aliphatic carbocycles. The van der Waals surface area contributed by atoms with Crippen molar-refractivity contribution in [2.24, 2.45) is 5.73 Å². The fourth-order valence-corrected chi connectivity index (χ4v) is 1.34. The van der Waals surface area contributed by atoms with Gasteiger partial charge in [-0.2, -0.15) is 0 Å². The van der Waals surface area contributed by atoms with E-state index in [4.69, 9.17) is 22.7 Å². The van der Waals surface area contributed by atoms with Crippen LogP contribution in [0.1, 0.15) is 25.0 Å². The average molecular weight is 227 g/mol. The predicted octanol–water partition coefficient (Wildman–Crippen LogP) is 2.58.